The van der Waals surface area contributed by atoms with Crippen LogP contribution < -0.4 is 9.46 Å². The lowest BCUT2D eigenvalue weighted by atomic mass is 10.1. The number of benzene rings is 2. The number of nitrogens with zero attached hydrogens (tertiary/aromatic N) is 2. The lowest BCUT2D eigenvalue weighted by Gasteiger charge is -2.09. The van der Waals surface area contributed by atoms with Crippen LogP contribution in [0.5, 0.6) is 5.75 Å². The minimum absolute atomic E-state index is 0.00979. The van der Waals surface area contributed by atoms with Gasteiger partial charge in [0.1, 0.15) is 5.75 Å². The van der Waals surface area contributed by atoms with Gasteiger partial charge in [-0.1, -0.05) is 24.3 Å². The van der Waals surface area contributed by atoms with Crippen LogP contribution in [0.2, 0.25) is 0 Å². The summed E-state index contributed by atoms with van der Waals surface area (Å²) in [5.41, 5.74) is 2.42. The fourth-order valence-corrected chi connectivity index (χ4v) is 4.74. The molecule has 0 fully saturated rings. The first-order valence-corrected chi connectivity index (χ1v) is 11.3. The molecule has 4 aromatic rings. The summed E-state index contributed by atoms with van der Waals surface area (Å²) < 4.78 is 32.7. The summed E-state index contributed by atoms with van der Waals surface area (Å²) in [6.45, 7) is 1.94. The average molecular weight is 440 g/mol. The van der Waals surface area contributed by atoms with Crippen LogP contribution >= 0.6 is 11.3 Å². The van der Waals surface area contributed by atoms with E-state index in [1.165, 1.54) is 29.7 Å². The second-order valence-electron chi connectivity index (χ2n) is 6.52. The van der Waals surface area contributed by atoms with Crippen LogP contribution in [0.25, 0.3) is 10.9 Å². The number of esters is 1. The summed E-state index contributed by atoms with van der Waals surface area (Å²) in [5.74, 6) is 0.000990. The van der Waals surface area contributed by atoms with E-state index in [4.69, 9.17) is 4.74 Å². The number of sulfonamides is 1. The van der Waals surface area contributed by atoms with Crippen molar-refractivity contribution in [2.75, 3.05) is 4.72 Å². The largest absolute Gasteiger partial charge is 0.425 e. The lowest BCUT2D eigenvalue weighted by molar-refractivity contribution is -0.133. The maximum absolute atomic E-state index is 12.4. The van der Waals surface area contributed by atoms with Gasteiger partial charge in [-0.25, -0.2) is 13.4 Å². The highest BCUT2D eigenvalue weighted by molar-refractivity contribution is 7.93. The lowest BCUT2D eigenvalue weighted by Crippen LogP contribution is -2.14. The number of hydrogen-bond donors (Lipinski definition) is 1. The van der Waals surface area contributed by atoms with Crippen molar-refractivity contribution in [2.45, 2.75) is 18.2 Å². The first-order valence-electron chi connectivity index (χ1n) is 8.99. The molecule has 0 atom stereocenters. The SMILES string of the molecule is Cc1cccc2c(OC(=O)Cc3ccc(S(=O)(=O)Nc4nccs4)cc3)ccnc12. The van der Waals surface area contributed by atoms with Gasteiger partial charge < -0.3 is 4.74 Å². The van der Waals surface area contributed by atoms with Crippen molar-refractivity contribution >= 4 is 43.4 Å². The number of rotatable bonds is 6. The first-order chi connectivity index (χ1) is 14.4. The van der Waals surface area contributed by atoms with Gasteiger partial charge in [0.2, 0.25) is 0 Å². The number of ether oxygens (including phenoxy) is 1. The second kappa shape index (κ2) is 8.21. The zero-order valence-corrected chi connectivity index (χ0v) is 17.5. The van der Waals surface area contributed by atoms with Gasteiger partial charge in [0.05, 0.1) is 16.8 Å². The molecule has 2 heterocycles. The molecule has 0 aliphatic heterocycles. The molecule has 0 spiro atoms. The molecule has 2 aromatic carbocycles. The van der Waals surface area contributed by atoms with Gasteiger partial charge in [-0.15, -0.1) is 11.3 Å². The fraction of sp³-hybridized carbons (Fsp3) is 0.0952. The van der Waals surface area contributed by atoms with E-state index < -0.39 is 16.0 Å². The van der Waals surface area contributed by atoms with Crippen LogP contribution in [-0.4, -0.2) is 24.4 Å². The Labute approximate surface area is 177 Å². The number of hydrogen-bond acceptors (Lipinski definition) is 7. The van der Waals surface area contributed by atoms with E-state index in [0.29, 0.717) is 16.4 Å². The Hall–Kier alpha value is -3.30. The molecule has 7 nitrogen and oxygen atoms in total. The summed E-state index contributed by atoms with van der Waals surface area (Å²) in [6.07, 6.45) is 3.13. The van der Waals surface area contributed by atoms with Gasteiger partial charge in [0, 0.05) is 23.2 Å². The molecule has 152 valence electrons. The van der Waals surface area contributed by atoms with Gasteiger partial charge >= 0.3 is 5.97 Å². The van der Waals surface area contributed by atoms with Crippen molar-refractivity contribution in [1.29, 1.82) is 0 Å². The van der Waals surface area contributed by atoms with Gasteiger partial charge in [-0.05, 0) is 42.3 Å². The molecular formula is C21H17N3O4S2. The van der Waals surface area contributed by atoms with E-state index in [1.807, 2.05) is 25.1 Å². The normalized spacial score (nSPS) is 11.4. The van der Waals surface area contributed by atoms with E-state index in [0.717, 1.165) is 16.5 Å². The molecule has 0 radical (unpaired) electrons. The van der Waals surface area contributed by atoms with Gasteiger partial charge in [0.25, 0.3) is 10.0 Å². The van der Waals surface area contributed by atoms with Crippen molar-refractivity contribution in [3.05, 3.63) is 77.4 Å². The topological polar surface area (TPSA) is 98.2 Å². The van der Waals surface area contributed by atoms with E-state index in [2.05, 4.69) is 14.7 Å². The number of nitrogens with one attached hydrogen (secondary N) is 1. The molecule has 30 heavy (non-hydrogen) atoms. The van der Waals surface area contributed by atoms with E-state index in [1.54, 1.807) is 29.8 Å². The zero-order chi connectivity index (χ0) is 21.1. The highest BCUT2D eigenvalue weighted by atomic mass is 32.2. The summed E-state index contributed by atoms with van der Waals surface area (Å²) >= 11 is 1.19. The van der Waals surface area contributed by atoms with Crippen molar-refractivity contribution in [2.24, 2.45) is 0 Å². The van der Waals surface area contributed by atoms with E-state index in [9.17, 15) is 13.2 Å². The summed E-state index contributed by atoms with van der Waals surface area (Å²) in [6, 6.07) is 13.4. The number of para-hydroxylation sites is 1. The number of thiazole rings is 1. The van der Waals surface area contributed by atoms with Crippen molar-refractivity contribution in [1.82, 2.24) is 9.97 Å². The number of pyridine rings is 1. The monoisotopic (exact) mass is 439 g/mol. The quantitative estimate of drug-likeness (QED) is 0.457. The standard InChI is InChI=1S/C21H17N3O4S2/c1-14-3-2-4-17-18(9-10-22-20(14)17)28-19(25)13-15-5-7-16(8-6-15)30(26,27)24-21-23-11-12-29-21/h2-12H,13H2,1H3,(H,23,24). The Morgan fingerprint density at radius 3 is 2.60 bits per heavy atom. The summed E-state index contributed by atoms with van der Waals surface area (Å²) in [5, 5.41) is 2.74. The predicted octanol–water partition coefficient (Wildman–Crippen LogP) is 3.95. The minimum atomic E-state index is -3.73. The molecule has 0 unspecified atom stereocenters. The number of aromatic nitrogens is 2. The maximum atomic E-state index is 12.4. The van der Waals surface area contributed by atoms with Crippen molar-refractivity contribution < 1.29 is 17.9 Å². The number of anilines is 1. The zero-order valence-electron chi connectivity index (χ0n) is 15.9. The third kappa shape index (κ3) is 4.32. The summed E-state index contributed by atoms with van der Waals surface area (Å²) in [7, 11) is -3.73. The van der Waals surface area contributed by atoms with Crippen LogP contribution in [0.15, 0.2) is 71.2 Å². The number of fused-ring (bicyclic) bond motifs is 1. The molecule has 0 saturated heterocycles. The predicted molar refractivity (Wildman–Crippen MR) is 115 cm³/mol. The first kappa shape index (κ1) is 20.0. The highest BCUT2D eigenvalue weighted by Gasteiger charge is 2.16. The van der Waals surface area contributed by atoms with Crippen molar-refractivity contribution in [3.8, 4) is 5.75 Å². The van der Waals surface area contributed by atoms with Crippen LogP contribution in [0.3, 0.4) is 0 Å². The van der Waals surface area contributed by atoms with E-state index >= 15 is 0 Å². The molecule has 2 aromatic heterocycles. The Morgan fingerprint density at radius 2 is 1.87 bits per heavy atom. The minimum Gasteiger partial charge on any atom is -0.425 e. The third-order valence-corrected chi connectivity index (χ3v) is 6.57. The fourth-order valence-electron chi connectivity index (χ4n) is 2.95. The van der Waals surface area contributed by atoms with Gasteiger partial charge in [-0.3, -0.25) is 14.5 Å². The Morgan fingerprint density at radius 1 is 1.07 bits per heavy atom. The maximum Gasteiger partial charge on any atom is 0.315 e. The van der Waals surface area contributed by atoms with Crippen LogP contribution in [0.4, 0.5) is 5.13 Å². The molecule has 1 N–H and O–H groups in total. The Bertz CT molecular complexity index is 1300. The van der Waals surface area contributed by atoms with E-state index in [-0.39, 0.29) is 11.3 Å². The molecule has 0 amide bonds. The van der Waals surface area contributed by atoms with Gasteiger partial charge in [-0.2, -0.15) is 0 Å². The molecular weight excluding hydrogens is 422 g/mol. The average Bonchev–Trinajstić information content (AvgIpc) is 3.21. The second-order valence-corrected chi connectivity index (χ2v) is 9.09. The number of carbonyl (C=O) groups is 1. The molecule has 9 heteroatoms. The molecule has 0 aliphatic rings. The molecule has 0 aliphatic carbocycles. The number of aryl methyl sites for hydroxylation is 1. The van der Waals surface area contributed by atoms with Crippen molar-refractivity contribution in [3.63, 3.8) is 0 Å². The van der Waals surface area contributed by atoms with Crippen LogP contribution in [0, 0.1) is 6.92 Å². The molecule has 0 saturated carbocycles. The van der Waals surface area contributed by atoms with Crippen LogP contribution in [0.1, 0.15) is 11.1 Å². The summed E-state index contributed by atoms with van der Waals surface area (Å²) in [4.78, 5) is 20.8. The number of carbonyl (C=O) groups excluding carboxylic acids is 1. The third-order valence-electron chi connectivity index (χ3n) is 4.39. The Kier molecular flexibility index (Phi) is 5.47. The van der Waals surface area contributed by atoms with Gasteiger partial charge in [0.15, 0.2) is 5.13 Å². The van der Waals surface area contributed by atoms with Crippen LogP contribution in [-0.2, 0) is 21.2 Å². The smallest absolute Gasteiger partial charge is 0.315 e. The highest BCUT2D eigenvalue weighted by Crippen LogP contribution is 2.26. The molecule has 0 bridgehead atoms. The Balaban J connectivity index is 1.46. The molecule has 4 rings (SSSR count).